The molecule has 22 heavy (non-hydrogen) atoms. The van der Waals surface area contributed by atoms with Crippen molar-refractivity contribution in [2.45, 2.75) is 37.5 Å². The van der Waals surface area contributed by atoms with E-state index in [0.717, 1.165) is 32.0 Å². The average Bonchev–Trinajstić information content (AvgIpc) is 3.28. The van der Waals surface area contributed by atoms with Gasteiger partial charge in [0.2, 0.25) is 0 Å². The Labute approximate surface area is 135 Å². The van der Waals surface area contributed by atoms with E-state index in [9.17, 15) is 4.79 Å². The zero-order valence-electron chi connectivity index (χ0n) is 12.4. The number of nitrogens with one attached hydrogen (secondary N) is 1. The highest BCUT2D eigenvalue weighted by atomic mass is 35.5. The van der Waals surface area contributed by atoms with E-state index in [4.69, 9.17) is 16.3 Å². The molecule has 2 aliphatic heterocycles. The first-order chi connectivity index (χ1) is 10.7. The van der Waals surface area contributed by atoms with E-state index in [1.807, 2.05) is 0 Å². The second-order valence-electron chi connectivity index (χ2n) is 6.58. The summed E-state index contributed by atoms with van der Waals surface area (Å²) in [6, 6.07) is 2.27. The molecule has 0 radical (unpaired) electrons. The lowest BCUT2D eigenvalue weighted by atomic mass is 10.1. The van der Waals surface area contributed by atoms with Crippen LogP contribution in [0.4, 0.5) is 0 Å². The third-order valence-electron chi connectivity index (χ3n) is 4.95. The third kappa shape index (κ3) is 2.85. The molecule has 1 aromatic rings. The number of nitrogens with zero attached hydrogens (tertiary/aromatic N) is 2. The summed E-state index contributed by atoms with van der Waals surface area (Å²) in [5, 5.41) is 3.50. The Kier molecular flexibility index (Phi) is 3.80. The highest BCUT2D eigenvalue weighted by Crippen LogP contribution is 2.37. The maximum absolute atomic E-state index is 12.3. The van der Waals surface area contributed by atoms with E-state index < -0.39 is 0 Å². The van der Waals surface area contributed by atoms with Crippen LogP contribution in [0.3, 0.4) is 0 Å². The predicted octanol–water partition coefficient (Wildman–Crippen LogP) is 1.72. The predicted molar refractivity (Wildman–Crippen MR) is 82.9 cm³/mol. The molecule has 3 aliphatic rings. The van der Waals surface area contributed by atoms with Crippen molar-refractivity contribution < 1.29 is 9.53 Å². The summed E-state index contributed by atoms with van der Waals surface area (Å²) in [5.41, 5.74) is 0.494. The number of pyridine rings is 1. The van der Waals surface area contributed by atoms with E-state index >= 15 is 0 Å². The fourth-order valence-electron chi connectivity index (χ4n) is 3.58. The van der Waals surface area contributed by atoms with Crippen molar-refractivity contribution >= 4 is 17.5 Å². The summed E-state index contributed by atoms with van der Waals surface area (Å²) in [6.07, 6.45) is 7.06. The van der Waals surface area contributed by atoms with Gasteiger partial charge in [-0.05, 0) is 31.2 Å². The van der Waals surface area contributed by atoms with Gasteiger partial charge < -0.3 is 10.1 Å². The maximum atomic E-state index is 12.3. The number of hydrogen-bond acceptors (Lipinski definition) is 4. The molecule has 118 valence electrons. The van der Waals surface area contributed by atoms with Crippen molar-refractivity contribution in [3.05, 3.63) is 29.0 Å². The van der Waals surface area contributed by atoms with Crippen LogP contribution in [0.15, 0.2) is 18.5 Å². The molecule has 0 spiro atoms. The van der Waals surface area contributed by atoms with Gasteiger partial charge in [0, 0.05) is 37.6 Å². The molecule has 1 saturated carbocycles. The molecule has 1 aromatic heterocycles. The van der Waals surface area contributed by atoms with Crippen molar-refractivity contribution in [3.8, 4) is 0 Å². The van der Waals surface area contributed by atoms with Crippen molar-refractivity contribution in [2.24, 2.45) is 5.92 Å². The van der Waals surface area contributed by atoms with Crippen LogP contribution in [0, 0.1) is 5.92 Å². The number of morpholine rings is 1. The van der Waals surface area contributed by atoms with Crippen LogP contribution in [-0.2, 0) is 4.74 Å². The summed E-state index contributed by atoms with van der Waals surface area (Å²) >= 11 is 6.03. The van der Waals surface area contributed by atoms with Crippen molar-refractivity contribution in [1.29, 1.82) is 0 Å². The van der Waals surface area contributed by atoms with Crippen LogP contribution < -0.4 is 5.32 Å². The number of carbonyl (C=O) groups is 1. The van der Waals surface area contributed by atoms with Crippen molar-refractivity contribution in [3.63, 3.8) is 0 Å². The molecular weight excluding hydrogens is 302 g/mol. The van der Waals surface area contributed by atoms with Crippen LogP contribution in [0.5, 0.6) is 0 Å². The number of halogens is 1. The fourth-order valence-corrected chi connectivity index (χ4v) is 3.79. The molecule has 0 bridgehead atoms. The first kappa shape index (κ1) is 14.4. The minimum Gasteiger partial charge on any atom is -0.375 e. The number of hydrogen-bond donors (Lipinski definition) is 1. The van der Waals surface area contributed by atoms with Gasteiger partial charge in [-0.25, -0.2) is 0 Å². The van der Waals surface area contributed by atoms with Crippen LogP contribution in [0.2, 0.25) is 5.02 Å². The smallest absolute Gasteiger partial charge is 0.253 e. The third-order valence-corrected chi connectivity index (χ3v) is 5.25. The molecule has 6 heteroatoms. The number of rotatable bonds is 3. The number of fused-ring (bicyclic) bond motifs is 1. The lowest BCUT2D eigenvalue weighted by Gasteiger charge is -2.35. The van der Waals surface area contributed by atoms with E-state index in [1.165, 1.54) is 19.0 Å². The van der Waals surface area contributed by atoms with Crippen molar-refractivity contribution in [1.82, 2.24) is 15.2 Å². The molecule has 3 fully saturated rings. The Bertz CT molecular complexity index is 578. The summed E-state index contributed by atoms with van der Waals surface area (Å²) in [7, 11) is 0. The van der Waals surface area contributed by atoms with Gasteiger partial charge >= 0.3 is 0 Å². The van der Waals surface area contributed by atoms with Gasteiger partial charge in [0.15, 0.2) is 0 Å². The van der Waals surface area contributed by atoms with Gasteiger partial charge in [-0.3, -0.25) is 14.7 Å². The van der Waals surface area contributed by atoms with Crippen LogP contribution >= 0.6 is 11.6 Å². The van der Waals surface area contributed by atoms with Gasteiger partial charge in [0.05, 0.1) is 23.3 Å². The Morgan fingerprint density at radius 2 is 2.27 bits per heavy atom. The minimum atomic E-state index is -0.114. The molecule has 0 aromatic carbocycles. The lowest BCUT2D eigenvalue weighted by molar-refractivity contribution is -0.0581. The summed E-state index contributed by atoms with van der Waals surface area (Å²) < 4.78 is 5.99. The van der Waals surface area contributed by atoms with E-state index in [-0.39, 0.29) is 11.9 Å². The maximum Gasteiger partial charge on any atom is 0.253 e. The zero-order chi connectivity index (χ0) is 15.1. The highest BCUT2D eigenvalue weighted by molar-refractivity contribution is 6.33. The Hall–Kier alpha value is -1.17. The first-order valence-electron chi connectivity index (χ1n) is 7.96. The van der Waals surface area contributed by atoms with Crippen LogP contribution in [0.1, 0.15) is 29.6 Å². The molecule has 2 saturated heterocycles. The Morgan fingerprint density at radius 1 is 1.41 bits per heavy atom. The monoisotopic (exact) mass is 321 g/mol. The molecule has 5 nitrogen and oxygen atoms in total. The molecule has 0 unspecified atom stereocenters. The number of amides is 1. The van der Waals surface area contributed by atoms with E-state index in [2.05, 4.69) is 15.2 Å². The highest BCUT2D eigenvalue weighted by Gasteiger charge is 2.42. The fraction of sp³-hybridized carbons (Fsp3) is 0.625. The minimum absolute atomic E-state index is 0.114. The molecule has 1 N–H and O–H groups in total. The summed E-state index contributed by atoms with van der Waals surface area (Å²) in [5.74, 6) is 0.655. The standard InChI is InChI=1S/C16H20ClN3O2/c17-14-6-18-4-3-13(14)16(21)19-11-5-12-9-22-15(10-1-2-10)8-20(12)7-11/h3-4,6,10-12,15H,1-2,5,7-9H2,(H,19,21)/t11-,12-,15+/m0/s1. The Morgan fingerprint density at radius 3 is 3.05 bits per heavy atom. The normalized spacial score (nSPS) is 31.8. The van der Waals surface area contributed by atoms with Gasteiger partial charge in [-0.1, -0.05) is 11.6 Å². The topological polar surface area (TPSA) is 54.5 Å². The molecule has 4 rings (SSSR count). The number of ether oxygens (including phenoxy) is 1. The van der Waals surface area contributed by atoms with Crippen molar-refractivity contribution in [2.75, 3.05) is 19.7 Å². The quantitative estimate of drug-likeness (QED) is 0.921. The zero-order valence-corrected chi connectivity index (χ0v) is 13.1. The number of aromatic nitrogens is 1. The lowest BCUT2D eigenvalue weighted by Crippen LogP contribution is -2.47. The largest absolute Gasteiger partial charge is 0.375 e. The SMILES string of the molecule is O=C(N[C@H]1C[C@H]2CO[C@@H](C3CC3)CN2C1)c1ccncc1Cl. The van der Waals surface area contributed by atoms with Crippen LogP contribution in [-0.4, -0.2) is 53.7 Å². The van der Waals surface area contributed by atoms with E-state index in [1.54, 1.807) is 12.3 Å². The summed E-state index contributed by atoms with van der Waals surface area (Å²) in [6.45, 7) is 2.72. The molecule has 3 heterocycles. The number of carbonyl (C=O) groups excluding carboxylic acids is 1. The average molecular weight is 322 g/mol. The molecule has 1 amide bonds. The second-order valence-corrected chi connectivity index (χ2v) is 6.99. The molecule has 3 atom stereocenters. The van der Waals surface area contributed by atoms with Crippen LogP contribution in [0.25, 0.3) is 0 Å². The molecular formula is C16H20ClN3O2. The van der Waals surface area contributed by atoms with Gasteiger partial charge in [-0.15, -0.1) is 0 Å². The van der Waals surface area contributed by atoms with Gasteiger partial charge in [0.25, 0.3) is 5.91 Å². The summed E-state index contributed by atoms with van der Waals surface area (Å²) in [4.78, 5) is 18.7. The van der Waals surface area contributed by atoms with Gasteiger partial charge in [-0.2, -0.15) is 0 Å². The first-order valence-corrected chi connectivity index (χ1v) is 8.34. The van der Waals surface area contributed by atoms with Gasteiger partial charge in [0.1, 0.15) is 0 Å². The Balaban J connectivity index is 1.37. The second kappa shape index (κ2) is 5.80. The van der Waals surface area contributed by atoms with E-state index in [0.29, 0.717) is 22.7 Å². The molecule has 1 aliphatic carbocycles.